The van der Waals surface area contributed by atoms with Crippen molar-refractivity contribution in [2.45, 2.75) is 45.6 Å². The first-order valence-electron chi connectivity index (χ1n) is 11.2. The smallest absolute Gasteiger partial charge is 0.407 e. The lowest BCUT2D eigenvalue weighted by atomic mass is 9.96. The summed E-state index contributed by atoms with van der Waals surface area (Å²) >= 11 is 0. The first kappa shape index (κ1) is 23.6. The molecule has 1 aliphatic heterocycles. The Kier molecular flexibility index (Phi) is 7.43. The van der Waals surface area contributed by atoms with Crippen LogP contribution < -0.4 is 10.6 Å². The van der Waals surface area contributed by atoms with Gasteiger partial charge in [-0.15, -0.1) is 0 Å². The summed E-state index contributed by atoms with van der Waals surface area (Å²) < 4.78 is 7.21. The Labute approximate surface area is 189 Å². The number of carbonyl (C=O) groups excluding carboxylic acids is 3. The molecule has 2 N–H and O–H groups in total. The fourth-order valence-corrected chi connectivity index (χ4v) is 4.07. The fraction of sp³-hybridized carbons (Fsp3) is 0.542. The number of nitrogens with zero attached hydrogens (tertiary/aromatic N) is 2. The van der Waals surface area contributed by atoms with Gasteiger partial charge in [0.25, 0.3) is 0 Å². The lowest BCUT2D eigenvalue weighted by Crippen LogP contribution is -2.47. The molecule has 1 aromatic carbocycles. The third kappa shape index (κ3) is 6.24. The molecule has 1 aromatic heterocycles. The Morgan fingerprint density at radius 3 is 2.59 bits per heavy atom. The number of alkyl carbamates (subject to hydrolysis) is 1. The number of hydrogen-bond acceptors (Lipinski definition) is 4. The molecule has 3 rings (SSSR count). The average Bonchev–Trinajstić information content (AvgIpc) is 3.05. The summed E-state index contributed by atoms with van der Waals surface area (Å²) in [5, 5.41) is 6.57. The first-order valence-corrected chi connectivity index (χ1v) is 11.2. The van der Waals surface area contributed by atoms with E-state index in [1.54, 1.807) is 25.7 Å². The Morgan fingerprint density at radius 2 is 1.84 bits per heavy atom. The van der Waals surface area contributed by atoms with E-state index in [-0.39, 0.29) is 24.3 Å². The second-order valence-electron chi connectivity index (χ2n) is 9.36. The molecule has 1 fully saturated rings. The predicted molar refractivity (Wildman–Crippen MR) is 123 cm³/mol. The molecule has 1 aliphatic rings. The number of piperidine rings is 1. The largest absolute Gasteiger partial charge is 0.444 e. The number of fused-ring (bicyclic) bond motifs is 1. The SMILES string of the molecule is Cn1cc(CC(=O)N2CCCC(C(=O)NCCNC(=O)OC(C)(C)C)C2)c2ccccc21. The lowest BCUT2D eigenvalue weighted by Gasteiger charge is -2.32. The fourth-order valence-electron chi connectivity index (χ4n) is 4.07. The van der Waals surface area contributed by atoms with E-state index in [4.69, 9.17) is 4.74 Å². The molecule has 0 aliphatic carbocycles. The van der Waals surface area contributed by atoms with Crippen LogP contribution in [-0.4, -0.2) is 59.2 Å². The van der Waals surface area contributed by atoms with Crippen LogP contribution in [-0.2, 0) is 27.8 Å². The van der Waals surface area contributed by atoms with Gasteiger partial charge in [0.2, 0.25) is 11.8 Å². The number of likely N-dealkylation sites (tertiary alicyclic amines) is 1. The number of rotatable bonds is 6. The highest BCUT2D eigenvalue weighted by Gasteiger charge is 2.28. The highest BCUT2D eigenvalue weighted by atomic mass is 16.6. The zero-order chi connectivity index (χ0) is 23.3. The molecule has 8 heteroatoms. The summed E-state index contributed by atoms with van der Waals surface area (Å²) in [5.41, 5.74) is 1.55. The summed E-state index contributed by atoms with van der Waals surface area (Å²) in [4.78, 5) is 39.0. The van der Waals surface area contributed by atoms with E-state index >= 15 is 0 Å². The number of ether oxygens (including phenoxy) is 1. The van der Waals surface area contributed by atoms with E-state index in [9.17, 15) is 14.4 Å². The van der Waals surface area contributed by atoms with E-state index in [0.717, 1.165) is 29.3 Å². The van der Waals surface area contributed by atoms with Crippen LogP contribution in [0.25, 0.3) is 10.9 Å². The number of para-hydroxylation sites is 1. The van der Waals surface area contributed by atoms with E-state index in [2.05, 4.69) is 10.6 Å². The Morgan fingerprint density at radius 1 is 1.12 bits per heavy atom. The van der Waals surface area contributed by atoms with Gasteiger partial charge < -0.3 is 24.8 Å². The van der Waals surface area contributed by atoms with Gasteiger partial charge >= 0.3 is 6.09 Å². The van der Waals surface area contributed by atoms with Gasteiger partial charge in [-0.2, -0.15) is 0 Å². The number of carbonyl (C=O) groups is 3. The van der Waals surface area contributed by atoms with Crippen LogP contribution in [0.1, 0.15) is 39.2 Å². The van der Waals surface area contributed by atoms with E-state index in [0.29, 0.717) is 26.1 Å². The van der Waals surface area contributed by atoms with E-state index in [1.807, 2.05) is 42.1 Å². The van der Waals surface area contributed by atoms with Crippen LogP contribution in [0.15, 0.2) is 30.5 Å². The van der Waals surface area contributed by atoms with Crippen LogP contribution in [0.3, 0.4) is 0 Å². The van der Waals surface area contributed by atoms with Gasteiger partial charge in [-0.25, -0.2) is 4.79 Å². The molecule has 2 heterocycles. The Bertz CT molecular complexity index is 976. The summed E-state index contributed by atoms with van der Waals surface area (Å²) in [6.45, 7) is 7.10. The topological polar surface area (TPSA) is 92.7 Å². The van der Waals surface area contributed by atoms with Gasteiger partial charge in [0.1, 0.15) is 5.60 Å². The van der Waals surface area contributed by atoms with Gasteiger partial charge in [0, 0.05) is 50.3 Å². The third-order valence-corrected chi connectivity index (χ3v) is 5.56. The number of aryl methyl sites for hydroxylation is 1. The molecule has 1 saturated heterocycles. The second-order valence-corrected chi connectivity index (χ2v) is 9.36. The van der Waals surface area contributed by atoms with Gasteiger partial charge in [-0.05, 0) is 45.2 Å². The molecule has 1 atom stereocenters. The van der Waals surface area contributed by atoms with Crippen molar-refractivity contribution in [2.75, 3.05) is 26.2 Å². The highest BCUT2D eigenvalue weighted by Crippen LogP contribution is 2.23. The molecule has 2 aromatic rings. The van der Waals surface area contributed by atoms with Crippen molar-refractivity contribution in [1.82, 2.24) is 20.1 Å². The Balaban J connectivity index is 1.47. The zero-order valence-corrected chi connectivity index (χ0v) is 19.4. The molecule has 1 unspecified atom stereocenters. The van der Waals surface area contributed by atoms with Gasteiger partial charge in [-0.3, -0.25) is 9.59 Å². The molecule has 0 radical (unpaired) electrons. The molecular formula is C24H34N4O4. The van der Waals surface area contributed by atoms with Gasteiger partial charge in [0.15, 0.2) is 0 Å². The monoisotopic (exact) mass is 442 g/mol. The molecular weight excluding hydrogens is 408 g/mol. The van der Waals surface area contributed by atoms with E-state index < -0.39 is 11.7 Å². The van der Waals surface area contributed by atoms with Crippen molar-refractivity contribution in [2.24, 2.45) is 13.0 Å². The van der Waals surface area contributed by atoms with Crippen LogP contribution in [0.4, 0.5) is 4.79 Å². The predicted octanol–water partition coefficient (Wildman–Crippen LogP) is 2.60. The van der Waals surface area contributed by atoms with Crippen molar-refractivity contribution in [1.29, 1.82) is 0 Å². The number of benzene rings is 1. The maximum absolute atomic E-state index is 13.0. The van der Waals surface area contributed by atoms with Crippen molar-refractivity contribution in [3.8, 4) is 0 Å². The van der Waals surface area contributed by atoms with Crippen LogP contribution >= 0.6 is 0 Å². The average molecular weight is 443 g/mol. The molecule has 0 spiro atoms. The van der Waals surface area contributed by atoms with Crippen LogP contribution in [0.2, 0.25) is 0 Å². The number of hydrogen-bond donors (Lipinski definition) is 2. The standard InChI is InChI=1S/C24H34N4O4/c1-24(2,3)32-23(31)26-12-11-25-22(30)17-8-7-13-28(16-17)21(29)14-18-15-27(4)20-10-6-5-9-19(18)20/h5-6,9-10,15,17H,7-8,11-14,16H2,1-4H3,(H,25,30)(H,26,31). The molecule has 32 heavy (non-hydrogen) atoms. The van der Waals surface area contributed by atoms with Gasteiger partial charge in [-0.1, -0.05) is 18.2 Å². The second kappa shape index (κ2) is 10.1. The maximum atomic E-state index is 13.0. The summed E-state index contributed by atoms with van der Waals surface area (Å²) in [6.07, 6.45) is 3.39. The van der Waals surface area contributed by atoms with Crippen LogP contribution in [0, 0.1) is 5.92 Å². The van der Waals surface area contributed by atoms with Crippen molar-refractivity contribution < 1.29 is 19.1 Å². The molecule has 0 bridgehead atoms. The Hall–Kier alpha value is -3.03. The molecule has 8 nitrogen and oxygen atoms in total. The number of aromatic nitrogens is 1. The van der Waals surface area contributed by atoms with Gasteiger partial charge in [0.05, 0.1) is 12.3 Å². The minimum Gasteiger partial charge on any atom is -0.444 e. The maximum Gasteiger partial charge on any atom is 0.407 e. The summed E-state index contributed by atoms with van der Waals surface area (Å²) in [7, 11) is 1.98. The minimum absolute atomic E-state index is 0.0467. The molecule has 3 amide bonds. The molecule has 174 valence electrons. The quantitative estimate of drug-likeness (QED) is 0.673. The molecule has 0 saturated carbocycles. The van der Waals surface area contributed by atoms with Crippen molar-refractivity contribution in [3.63, 3.8) is 0 Å². The minimum atomic E-state index is -0.558. The van der Waals surface area contributed by atoms with Crippen molar-refractivity contribution in [3.05, 3.63) is 36.0 Å². The normalized spacial score (nSPS) is 16.6. The first-order chi connectivity index (χ1) is 15.1. The lowest BCUT2D eigenvalue weighted by molar-refractivity contribution is -0.135. The van der Waals surface area contributed by atoms with Crippen molar-refractivity contribution >= 4 is 28.8 Å². The summed E-state index contributed by atoms with van der Waals surface area (Å²) in [6, 6.07) is 8.05. The van der Waals surface area contributed by atoms with Crippen LogP contribution in [0.5, 0.6) is 0 Å². The highest BCUT2D eigenvalue weighted by molar-refractivity contribution is 5.89. The zero-order valence-electron chi connectivity index (χ0n) is 19.4. The van der Waals surface area contributed by atoms with E-state index in [1.165, 1.54) is 0 Å². The number of nitrogens with one attached hydrogen (secondary N) is 2. The third-order valence-electron chi connectivity index (χ3n) is 5.56. The summed E-state index contributed by atoms with van der Waals surface area (Å²) in [5.74, 6) is -0.272. The number of amides is 3.